The first-order valence-electron chi connectivity index (χ1n) is 7.07. The van der Waals surface area contributed by atoms with Crippen LogP contribution in [0.2, 0.25) is 0 Å². The number of benzene rings is 1. The van der Waals surface area contributed by atoms with Crippen molar-refractivity contribution >= 4 is 11.6 Å². The first kappa shape index (κ1) is 15.4. The van der Waals surface area contributed by atoms with Gasteiger partial charge in [-0.05, 0) is 36.7 Å². The van der Waals surface area contributed by atoms with Gasteiger partial charge in [0.05, 0.1) is 0 Å². The highest BCUT2D eigenvalue weighted by Gasteiger charge is 2.07. The number of nitrogens with one attached hydrogen (secondary N) is 1. The van der Waals surface area contributed by atoms with Crippen LogP contribution in [0.15, 0.2) is 36.7 Å². The molecule has 5 heteroatoms. The summed E-state index contributed by atoms with van der Waals surface area (Å²) < 4.78 is 12.9. The van der Waals surface area contributed by atoms with E-state index in [4.69, 9.17) is 0 Å². The van der Waals surface area contributed by atoms with Crippen LogP contribution in [0, 0.1) is 11.7 Å². The van der Waals surface area contributed by atoms with Gasteiger partial charge in [0.2, 0.25) is 5.95 Å². The SMILES string of the molecule is CC(C)CNCc1cnc(N(C)c2ccc(F)cc2)nc1. The Morgan fingerprint density at radius 2 is 1.76 bits per heavy atom. The summed E-state index contributed by atoms with van der Waals surface area (Å²) in [6, 6.07) is 6.26. The molecule has 112 valence electrons. The highest BCUT2D eigenvalue weighted by atomic mass is 19.1. The summed E-state index contributed by atoms with van der Waals surface area (Å²) in [5.41, 5.74) is 1.90. The van der Waals surface area contributed by atoms with E-state index in [1.807, 2.05) is 24.3 Å². The minimum Gasteiger partial charge on any atom is -0.314 e. The van der Waals surface area contributed by atoms with E-state index in [1.165, 1.54) is 12.1 Å². The van der Waals surface area contributed by atoms with Crippen molar-refractivity contribution in [2.24, 2.45) is 5.92 Å². The molecule has 1 heterocycles. The molecule has 0 bridgehead atoms. The molecule has 4 nitrogen and oxygen atoms in total. The molecule has 0 aliphatic carbocycles. The van der Waals surface area contributed by atoms with E-state index in [-0.39, 0.29) is 5.82 Å². The molecule has 0 saturated carbocycles. The average Bonchev–Trinajstić information content (AvgIpc) is 2.48. The zero-order chi connectivity index (χ0) is 15.2. The van der Waals surface area contributed by atoms with Crippen molar-refractivity contribution in [2.45, 2.75) is 20.4 Å². The van der Waals surface area contributed by atoms with Crippen LogP contribution in [-0.2, 0) is 6.54 Å². The van der Waals surface area contributed by atoms with Gasteiger partial charge in [-0.25, -0.2) is 14.4 Å². The molecule has 21 heavy (non-hydrogen) atoms. The average molecular weight is 288 g/mol. The van der Waals surface area contributed by atoms with E-state index in [2.05, 4.69) is 29.1 Å². The normalized spacial score (nSPS) is 10.9. The number of aromatic nitrogens is 2. The summed E-state index contributed by atoms with van der Waals surface area (Å²) in [6.07, 6.45) is 3.63. The fourth-order valence-electron chi connectivity index (χ4n) is 1.90. The molecular weight excluding hydrogens is 267 g/mol. The molecular formula is C16H21FN4. The smallest absolute Gasteiger partial charge is 0.229 e. The number of halogens is 1. The quantitative estimate of drug-likeness (QED) is 0.886. The lowest BCUT2D eigenvalue weighted by Gasteiger charge is -2.17. The Balaban J connectivity index is 1.99. The maximum absolute atomic E-state index is 12.9. The van der Waals surface area contributed by atoms with Crippen LogP contribution in [0.5, 0.6) is 0 Å². The van der Waals surface area contributed by atoms with E-state index in [0.717, 1.165) is 24.3 Å². The fourth-order valence-corrected chi connectivity index (χ4v) is 1.90. The molecule has 1 aromatic carbocycles. The lowest BCUT2D eigenvalue weighted by atomic mass is 10.2. The molecule has 2 rings (SSSR count). The van der Waals surface area contributed by atoms with Gasteiger partial charge in [-0.2, -0.15) is 0 Å². The van der Waals surface area contributed by atoms with Crippen molar-refractivity contribution in [2.75, 3.05) is 18.5 Å². The first-order chi connectivity index (χ1) is 10.1. The van der Waals surface area contributed by atoms with Gasteiger partial charge in [0.1, 0.15) is 5.82 Å². The Hall–Kier alpha value is -2.01. The van der Waals surface area contributed by atoms with Crippen molar-refractivity contribution in [3.63, 3.8) is 0 Å². The Morgan fingerprint density at radius 1 is 1.14 bits per heavy atom. The minimum atomic E-state index is -0.250. The highest BCUT2D eigenvalue weighted by Crippen LogP contribution is 2.19. The van der Waals surface area contributed by atoms with E-state index in [1.54, 1.807) is 12.1 Å². The summed E-state index contributed by atoms with van der Waals surface area (Å²) >= 11 is 0. The summed E-state index contributed by atoms with van der Waals surface area (Å²) in [5.74, 6) is 0.962. The zero-order valence-corrected chi connectivity index (χ0v) is 12.7. The van der Waals surface area contributed by atoms with Gasteiger partial charge in [-0.15, -0.1) is 0 Å². The van der Waals surface area contributed by atoms with Crippen molar-refractivity contribution in [1.82, 2.24) is 15.3 Å². The van der Waals surface area contributed by atoms with Crippen LogP contribution in [0.4, 0.5) is 16.0 Å². The largest absolute Gasteiger partial charge is 0.314 e. The predicted molar refractivity (Wildman–Crippen MR) is 83.0 cm³/mol. The number of hydrogen-bond donors (Lipinski definition) is 1. The van der Waals surface area contributed by atoms with E-state index in [9.17, 15) is 4.39 Å². The molecule has 0 aliphatic rings. The predicted octanol–water partition coefficient (Wildman–Crippen LogP) is 3.13. The minimum absolute atomic E-state index is 0.250. The van der Waals surface area contributed by atoms with Crippen LogP contribution >= 0.6 is 0 Å². The standard InChI is InChI=1S/C16H21FN4/c1-12(2)8-18-9-13-10-19-16(20-11-13)21(3)15-6-4-14(17)5-7-15/h4-7,10-12,18H,8-9H2,1-3H3. The Labute approximate surface area is 125 Å². The molecule has 0 amide bonds. The van der Waals surface area contributed by atoms with Crippen molar-refractivity contribution in [3.8, 4) is 0 Å². The molecule has 0 radical (unpaired) electrons. The maximum atomic E-state index is 12.9. The van der Waals surface area contributed by atoms with Gasteiger partial charge in [-0.1, -0.05) is 13.8 Å². The monoisotopic (exact) mass is 288 g/mol. The topological polar surface area (TPSA) is 41.1 Å². The van der Waals surface area contributed by atoms with Crippen LogP contribution in [0.1, 0.15) is 19.4 Å². The number of nitrogens with zero attached hydrogens (tertiary/aromatic N) is 3. The fraction of sp³-hybridized carbons (Fsp3) is 0.375. The molecule has 1 N–H and O–H groups in total. The first-order valence-corrected chi connectivity index (χ1v) is 7.07. The number of hydrogen-bond acceptors (Lipinski definition) is 4. The van der Waals surface area contributed by atoms with Crippen molar-refractivity contribution < 1.29 is 4.39 Å². The van der Waals surface area contributed by atoms with Gasteiger partial charge in [0.25, 0.3) is 0 Å². The second-order valence-corrected chi connectivity index (χ2v) is 5.45. The van der Waals surface area contributed by atoms with Crippen molar-refractivity contribution in [3.05, 3.63) is 48.0 Å². The van der Waals surface area contributed by atoms with E-state index >= 15 is 0 Å². The lowest BCUT2D eigenvalue weighted by Crippen LogP contribution is -2.19. The van der Waals surface area contributed by atoms with Gasteiger partial charge in [0.15, 0.2) is 0 Å². The zero-order valence-electron chi connectivity index (χ0n) is 12.7. The second kappa shape index (κ2) is 7.13. The van der Waals surface area contributed by atoms with Crippen LogP contribution in [0.3, 0.4) is 0 Å². The molecule has 0 spiro atoms. The summed E-state index contributed by atoms with van der Waals surface area (Å²) in [6.45, 7) is 6.07. The van der Waals surface area contributed by atoms with Gasteiger partial charge < -0.3 is 10.2 Å². The third-order valence-corrected chi connectivity index (χ3v) is 3.09. The summed E-state index contributed by atoms with van der Waals surface area (Å²) in [4.78, 5) is 10.5. The van der Waals surface area contributed by atoms with E-state index < -0.39 is 0 Å². The van der Waals surface area contributed by atoms with Crippen LogP contribution < -0.4 is 10.2 Å². The summed E-state index contributed by atoms with van der Waals surface area (Å²) in [7, 11) is 1.86. The van der Waals surface area contributed by atoms with Crippen molar-refractivity contribution in [1.29, 1.82) is 0 Å². The molecule has 0 fully saturated rings. The third-order valence-electron chi connectivity index (χ3n) is 3.09. The molecule has 0 aliphatic heterocycles. The highest BCUT2D eigenvalue weighted by molar-refractivity contribution is 5.55. The summed E-state index contributed by atoms with van der Waals surface area (Å²) in [5, 5.41) is 3.35. The molecule has 0 atom stereocenters. The third kappa shape index (κ3) is 4.49. The maximum Gasteiger partial charge on any atom is 0.229 e. The number of anilines is 2. The molecule has 0 unspecified atom stereocenters. The number of rotatable bonds is 6. The molecule has 0 saturated heterocycles. The Morgan fingerprint density at radius 3 is 2.33 bits per heavy atom. The Kier molecular flexibility index (Phi) is 5.22. The Bertz CT molecular complexity index is 551. The second-order valence-electron chi connectivity index (χ2n) is 5.45. The van der Waals surface area contributed by atoms with Gasteiger partial charge >= 0.3 is 0 Å². The molecule has 2 aromatic rings. The van der Waals surface area contributed by atoms with Gasteiger partial charge in [-0.3, -0.25) is 0 Å². The van der Waals surface area contributed by atoms with Crippen LogP contribution in [-0.4, -0.2) is 23.6 Å². The van der Waals surface area contributed by atoms with Gasteiger partial charge in [0, 0.05) is 37.2 Å². The van der Waals surface area contributed by atoms with Crippen LogP contribution in [0.25, 0.3) is 0 Å². The van der Waals surface area contributed by atoms with E-state index in [0.29, 0.717) is 11.9 Å². The lowest BCUT2D eigenvalue weighted by molar-refractivity contribution is 0.551. The molecule has 1 aromatic heterocycles.